The van der Waals surface area contributed by atoms with Crippen LogP contribution >= 0.6 is 0 Å². The van der Waals surface area contributed by atoms with Crippen molar-refractivity contribution in [3.63, 3.8) is 0 Å². The van der Waals surface area contributed by atoms with Gasteiger partial charge in [-0.25, -0.2) is 4.79 Å². The van der Waals surface area contributed by atoms with Crippen molar-refractivity contribution >= 4 is 11.7 Å². The lowest BCUT2D eigenvalue weighted by atomic mass is 10.0. The topological polar surface area (TPSA) is 86.3 Å². The van der Waals surface area contributed by atoms with Crippen molar-refractivity contribution in [2.45, 2.75) is 25.7 Å². The molecular formula is C23H23N3O3. The number of nitrogens with one attached hydrogen (secondary N) is 1. The number of rotatable bonds is 5. The first-order chi connectivity index (χ1) is 14.1. The van der Waals surface area contributed by atoms with E-state index in [0.717, 1.165) is 42.0 Å². The van der Waals surface area contributed by atoms with Crippen LogP contribution in [0.2, 0.25) is 0 Å². The molecule has 1 fully saturated rings. The second-order valence-corrected chi connectivity index (χ2v) is 7.30. The normalized spacial score (nSPS) is 16.2. The van der Waals surface area contributed by atoms with E-state index in [-0.39, 0.29) is 5.56 Å². The van der Waals surface area contributed by atoms with Crippen LogP contribution in [0.4, 0.5) is 5.69 Å². The molecule has 0 amide bonds. The highest BCUT2D eigenvalue weighted by Gasteiger charge is 2.25. The lowest BCUT2D eigenvalue weighted by Crippen LogP contribution is -2.20. The lowest BCUT2D eigenvalue weighted by Gasteiger charge is -2.19. The first-order valence-corrected chi connectivity index (χ1v) is 9.82. The number of benzene rings is 1. The fourth-order valence-electron chi connectivity index (χ4n) is 3.96. The SMILES string of the molecule is CCc1cc(C(=O)O)c(=O)[nH]c1-c1ccc(N2CCC(c3ccccn3)C2)cc1. The van der Waals surface area contributed by atoms with Gasteiger partial charge in [0, 0.05) is 36.6 Å². The summed E-state index contributed by atoms with van der Waals surface area (Å²) in [7, 11) is 0. The van der Waals surface area contributed by atoms with Crippen molar-refractivity contribution in [1.29, 1.82) is 0 Å². The number of aryl methyl sites for hydroxylation is 1. The van der Waals surface area contributed by atoms with Crippen molar-refractivity contribution in [3.05, 3.63) is 81.9 Å². The lowest BCUT2D eigenvalue weighted by molar-refractivity contribution is 0.0695. The number of aromatic nitrogens is 2. The molecule has 1 aliphatic heterocycles. The maximum Gasteiger partial charge on any atom is 0.341 e. The Hall–Kier alpha value is -3.41. The number of carbonyl (C=O) groups is 1. The van der Waals surface area contributed by atoms with Gasteiger partial charge >= 0.3 is 5.97 Å². The molecule has 0 spiro atoms. The van der Waals surface area contributed by atoms with Gasteiger partial charge in [0.15, 0.2) is 0 Å². The highest BCUT2D eigenvalue weighted by Crippen LogP contribution is 2.31. The van der Waals surface area contributed by atoms with Gasteiger partial charge in [-0.1, -0.05) is 25.1 Å². The van der Waals surface area contributed by atoms with Crippen LogP contribution in [-0.2, 0) is 6.42 Å². The number of aromatic carboxylic acids is 1. The molecule has 6 nitrogen and oxygen atoms in total. The fourth-order valence-corrected chi connectivity index (χ4v) is 3.96. The summed E-state index contributed by atoms with van der Waals surface area (Å²) >= 11 is 0. The van der Waals surface area contributed by atoms with E-state index in [1.165, 1.54) is 6.07 Å². The van der Waals surface area contributed by atoms with Crippen LogP contribution in [0.1, 0.15) is 40.9 Å². The minimum absolute atomic E-state index is 0.222. The number of anilines is 1. The number of aromatic amines is 1. The number of hydrogen-bond acceptors (Lipinski definition) is 4. The molecule has 1 saturated heterocycles. The van der Waals surface area contributed by atoms with Gasteiger partial charge in [0.1, 0.15) is 5.56 Å². The van der Waals surface area contributed by atoms with Crippen LogP contribution in [0.5, 0.6) is 0 Å². The molecule has 1 aromatic carbocycles. The number of nitrogens with zero attached hydrogens (tertiary/aromatic N) is 2. The van der Waals surface area contributed by atoms with Gasteiger partial charge in [0.05, 0.1) is 5.69 Å². The number of hydrogen-bond donors (Lipinski definition) is 2. The third-order valence-electron chi connectivity index (χ3n) is 5.55. The summed E-state index contributed by atoms with van der Waals surface area (Å²) in [6.45, 7) is 3.85. The Morgan fingerprint density at radius 1 is 1.24 bits per heavy atom. The highest BCUT2D eigenvalue weighted by molar-refractivity contribution is 5.88. The Morgan fingerprint density at radius 2 is 2.03 bits per heavy atom. The van der Waals surface area contributed by atoms with Gasteiger partial charge in [0.25, 0.3) is 5.56 Å². The molecule has 4 rings (SSSR count). The molecule has 1 aliphatic rings. The molecule has 1 atom stereocenters. The zero-order valence-corrected chi connectivity index (χ0v) is 16.3. The Morgan fingerprint density at radius 3 is 2.69 bits per heavy atom. The number of carboxylic acid groups (broad SMARTS) is 1. The maximum absolute atomic E-state index is 12.1. The molecule has 29 heavy (non-hydrogen) atoms. The van der Waals surface area contributed by atoms with Crippen LogP contribution in [0, 0.1) is 0 Å². The summed E-state index contributed by atoms with van der Waals surface area (Å²) in [5.41, 5.74) is 3.84. The third-order valence-corrected chi connectivity index (χ3v) is 5.55. The minimum Gasteiger partial charge on any atom is -0.477 e. The molecule has 6 heteroatoms. The van der Waals surface area contributed by atoms with E-state index in [1.54, 1.807) is 0 Å². The monoisotopic (exact) mass is 389 g/mol. The van der Waals surface area contributed by atoms with Crippen molar-refractivity contribution in [2.75, 3.05) is 18.0 Å². The molecule has 0 aliphatic carbocycles. The van der Waals surface area contributed by atoms with Crippen LogP contribution in [0.15, 0.2) is 59.5 Å². The van der Waals surface area contributed by atoms with E-state index < -0.39 is 11.5 Å². The number of carboxylic acids is 1. The average Bonchev–Trinajstić information content (AvgIpc) is 3.24. The second-order valence-electron chi connectivity index (χ2n) is 7.30. The van der Waals surface area contributed by atoms with Gasteiger partial charge in [0.2, 0.25) is 0 Å². The van der Waals surface area contributed by atoms with Gasteiger partial charge in [-0.3, -0.25) is 9.78 Å². The molecule has 148 valence electrons. The van der Waals surface area contributed by atoms with E-state index in [1.807, 2.05) is 37.4 Å². The first-order valence-electron chi connectivity index (χ1n) is 9.82. The van der Waals surface area contributed by atoms with E-state index in [4.69, 9.17) is 0 Å². The fraction of sp³-hybridized carbons (Fsp3) is 0.261. The number of pyridine rings is 2. The van der Waals surface area contributed by atoms with Crippen LogP contribution in [-0.4, -0.2) is 34.1 Å². The summed E-state index contributed by atoms with van der Waals surface area (Å²) in [6.07, 6.45) is 3.54. The zero-order chi connectivity index (χ0) is 20.4. The third kappa shape index (κ3) is 3.78. The van der Waals surface area contributed by atoms with Crippen LogP contribution < -0.4 is 10.5 Å². The van der Waals surface area contributed by atoms with Gasteiger partial charge in [-0.2, -0.15) is 0 Å². The standard InChI is InChI=1S/C23H23N3O3/c1-2-15-13-19(23(28)29)22(27)25-21(15)16-6-8-18(9-7-16)26-12-10-17(14-26)20-5-3-4-11-24-20/h3-9,11,13,17H,2,10,12,14H2,1H3,(H,25,27)(H,28,29). The second kappa shape index (κ2) is 7.91. The van der Waals surface area contributed by atoms with Crippen molar-refractivity contribution in [1.82, 2.24) is 9.97 Å². The van der Waals surface area contributed by atoms with Crippen molar-refractivity contribution in [2.24, 2.45) is 0 Å². The van der Waals surface area contributed by atoms with E-state index in [2.05, 4.69) is 33.1 Å². The molecule has 2 N–H and O–H groups in total. The first kappa shape index (κ1) is 18.9. The molecule has 1 unspecified atom stereocenters. The summed E-state index contributed by atoms with van der Waals surface area (Å²) in [6, 6.07) is 15.6. The van der Waals surface area contributed by atoms with Gasteiger partial charge < -0.3 is 15.0 Å². The minimum atomic E-state index is -1.21. The highest BCUT2D eigenvalue weighted by atomic mass is 16.4. The molecule has 0 bridgehead atoms. The number of H-pyrrole nitrogens is 1. The summed E-state index contributed by atoms with van der Waals surface area (Å²) in [5, 5.41) is 9.18. The predicted molar refractivity (Wildman–Crippen MR) is 113 cm³/mol. The van der Waals surface area contributed by atoms with Crippen LogP contribution in [0.3, 0.4) is 0 Å². The van der Waals surface area contributed by atoms with E-state index in [9.17, 15) is 14.7 Å². The average molecular weight is 389 g/mol. The Bertz CT molecular complexity index is 1070. The van der Waals surface area contributed by atoms with E-state index >= 15 is 0 Å². The summed E-state index contributed by atoms with van der Waals surface area (Å²) in [4.78, 5) is 32.9. The molecule has 0 saturated carbocycles. The smallest absolute Gasteiger partial charge is 0.341 e. The largest absolute Gasteiger partial charge is 0.477 e. The Labute approximate surface area is 168 Å². The van der Waals surface area contributed by atoms with Crippen molar-refractivity contribution < 1.29 is 9.90 Å². The maximum atomic E-state index is 12.1. The van der Waals surface area contributed by atoms with Gasteiger partial charge in [-0.15, -0.1) is 0 Å². The molecular weight excluding hydrogens is 366 g/mol. The zero-order valence-electron chi connectivity index (χ0n) is 16.3. The molecule has 3 heterocycles. The Balaban J connectivity index is 1.57. The quantitative estimate of drug-likeness (QED) is 0.695. The van der Waals surface area contributed by atoms with Gasteiger partial charge in [-0.05, 0) is 54.3 Å². The summed E-state index contributed by atoms with van der Waals surface area (Å²) in [5.74, 6) is -0.776. The predicted octanol–water partition coefficient (Wildman–Crippen LogP) is 3.69. The summed E-state index contributed by atoms with van der Waals surface area (Å²) < 4.78 is 0. The molecule has 2 aromatic heterocycles. The Kier molecular flexibility index (Phi) is 5.16. The van der Waals surface area contributed by atoms with E-state index in [0.29, 0.717) is 18.0 Å². The van der Waals surface area contributed by atoms with Crippen molar-refractivity contribution in [3.8, 4) is 11.3 Å². The van der Waals surface area contributed by atoms with Crippen LogP contribution in [0.25, 0.3) is 11.3 Å². The molecule has 0 radical (unpaired) electrons. The molecule has 3 aromatic rings.